The Morgan fingerprint density at radius 2 is 0.875 bits per heavy atom. The Bertz CT molecular complexity index is 707. The molecule has 6 heteroatoms. The number of ether oxygens (including phenoxy) is 2. The van der Waals surface area contributed by atoms with Gasteiger partial charge in [-0.15, -0.1) is 0 Å². The fraction of sp³-hybridized carbons (Fsp3) is 0.765. The molecule has 40 heavy (non-hydrogen) atoms. The Morgan fingerprint density at radius 1 is 0.525 bits per heavy atom. The topological polar surface area (TPSA) is 59.1 Å². The maximum Gasteiger partial charge on any atom is 0.339 e. The molecule has 0 saturated heterocycles. The van der Waals surface area contributed by atoms with Gasteiger partial charge in [-0.2, -0.15) is 0 Å². The monoisotopic (exact) mass is 560 g/mol. The molecule has 1 rings (SSSR count). The quantitative estimate of drug-likeness (QED) is 0.0842. The van der Waals surface area contributed by atoms with Crippen LogP contribution in [0.15, 0.2) is 24.3 Å². The number of unbranched alkanes of at least 4 members (excludes halogenated alkanes) is 10. The Hall–Kier alpha value is -1.92. The summed E-state index contributed by atoms with van der Waals surface area (Å²) in [4.78, 5) is 30.4. The minimum Gasteiger partial charge on any atom is -0.462 e. The number of hydrogen-bond acceptors (Lipinski definition) is 6. The van der Waals surface area contributed by atoms with Crippen LogP contribution in [-0.2, 0) is 9.47 Å². The molecule has 230 valence electrons. The van der Waals surface area contributed by atoms with Gasteiger partial charge < -0.3 is 19.3 Å². The summed E-state index contributed by atoms with van der Waals surface area (Å²) in [5.41, 5.74) is 0.574. The van der Waals surface area contributed by atoms with Gasteiger partial charge in [0.05, 0.1) is 24.3 Å². The normalized spacial score (nSPS) is 11.3. The predicted molar refractivity (Wildman–Crippen MR) is 167 cm³/mol. The second kappa shape index (κ2) is 24.8. The SMILES string of the molecule is CCCCCCCN(CC)CCCCOC(=O)c1ccccc1C(=O)OCCCCN(CC)CCCCCCC. The second-order valence-electron chi connectivity index (χ2n) is 10.9. The summed E-state index contributed by atoms with van der Waals surface area (Å²) in [5.74, 6) is -0.901. The Labute approximate surface area is 246 Å². The summed E-state index contributed by atoms with van der Waals surface area (Å²) >= 11 is 0. The van der Waals surface area contributed by atoms with Crippen molar-refractivity contribution in [1.82, 2.24) is 9.80 Å². The molecule has 0 bridgehead atoms. The van der Waals surface area contributed by atoms with Crippen molar-refractivity contribution in [3.8, 4) is 0 Å². The van der Waals surface area contributed by atoms with E-state index in [-0.39, 0.29) is 11.1 Å². The molecule has 0 N–H and O–H groups in total. The smallest absolute Gasteiger partial charge is 0.339 e. The summed E-state index contributed by atoms with van der Waals surface area (Å²) in [6, 6.07) is 6.81. The second-order valence-corrected chi connectivity index (χ2v) is 10.9. The Balaban J connectivity index is 2.31. The van der Waals surface area contributed by atoms with Crippen LogP contribution in [0.1, 0.15) is 138 Å². The van der Waals surface area contributed by atoms with E-state index in [1.807, 2.05) is 0 Å². The van der Waals surface area contributed by atoms with Crippen molar-refractivity contribution in [3.63, 3.8) is 0 Å². The highest BCUT2D eigenvalue weighted by Crippen LogP contribution is 2.13. The molecule has 6 nitrogen and oxygen atoms in total. The molecule has 1 aromatic carbocycles. The van der Waals surface area contributed by atoms with Crippen molar-refractivity contribution in [3.05, 3.63) is 35.4 Å². The number of benzene rings is 1. The van der Waals surface area contributed by atoms with Crippen LogP contribution in [0.4, 0.5) is 0 Å². The maximum absolute atomic E-state index is 12.7. The third-order valence-corrected chi connectivity index (χ3v) is 7.62. The first kappa shape index (κ1) is 36.1. The molecule has 0 aliphatic rings. The first-order chi connectivity index (χ1) is 19.6. The molecule has 0 saturated carbocycles. The predicted octanol–water partition coefficient (Wildman–Crippen LogP) is 8.15. The zero-order valence-corrected chi connectivity index (χ0v) is 26.4. The number of carbonyl (C=O) groups is 2. The summed E-state index contributed by atoms with van der Waals surface area (Å²) in [6.07, 6.45) is 16.6. The highest BCUT2D eigenvalue weighted by atomic mass is 16.5. The molecule has 0 atom stereocenters. The van der Waals surface area contributed by atoms with E-state index in [4.69, 9.17) is 9.47 Å². The van der Waals surface area contributed by atoms with Crippen LogP contribution < -0.4 is 0 Å². The lowest BCUT2D eigenvalue weighted by atomic mass is 10.1. The Kier molecular flexibility index (Phi) is 22.4. The van der Waals surface area contributed by atoms with Crippen molar-refractivity contribution in [2.45, 2.75) is 118 Å². The van der Waals surface area contributed by atoms with E-state index < -0.39 is 11.9 Å². The molecule has 0 radical (unpaired) electrons. The summed E-state index contributed by atoms with van der Waals surface area (Å²) in [6.45, 7) is 16.1. The van der Waals surface area contributed by atoms with Crippen molar-refractivity contribution < 1.29 is 19.1 Å². The van der Waals surface area contributed by atoms with Gasteiger partial charge in [0, 0.05) is 0 Å². The van der Waals surface area contributed by atoms with Gasteiger partial charge in [0.25, 0.3) is 0 Å². The van der Waals surface area contributed by atoms with Gasteiger partial charge in [-0.1, -0.05) is 91.2 Å². The third-order valence-electron chi connectivity index (χ3n) is 7.62. The third kappa shape index (κ3) is 17.0. The molecule has 0 fully saturated rings. The van der Waals surface area contributed by atoms with Gasteiger partial charge >= 0.3 is 11.9 Å². The van der Waals surface area contributed by atoms with Crippen LogP contribution >= 0.6 is 0 Å². The average Bonchev–Trinajstić information content (AvgIpc) is 2.98. The number of esters is 2. The first-order valence-electron chi connectivity index (χ1n) is 16.4. The van der Waals surface area contributed by atoms with Crippen molar-refractivity contribution in [2.75, 3.05) is 52.5 Å². The largest absolute Gasteiger partial charge is 0.462 e. The molecule has 0 unspecified atom stereocenters. The van der Waals surface area contributed by atoms with Gasteiger partial charge in [-0.3, -0.25) is 0 Å². The van der Waals surface area contributed by atoms with E-state index >= 15 is 0 Å². The molecular formula is C34H60N2O4. The zero-order chi connectivity index (χ0) is 29.3. The maximum atomic E-state index is 12.7. The van der Waals surface area contributed by atoms with Gasteiger partial charge in [0.2, 0.25) is 0 Å². The lowest BCUT2D eigenvalue weighted by Crippen LogP contribution is -2.26. The highest BCUT2D eigenvalue weighted by molar-refractivity contribution is 6.03. The minimum atomic E-state index is -0.451. The van der Waals surface area contributed by atoms with Crippen LogP contribution in [0.2, 0.25) is 0 Å². The van der Waals surface area contributed by atoms with Crippen LogP contribution in [0, 0.1) is 0 Å². The molecule has 0 spiro atoms. The molecule has 0 heterocycles. The Morgan fingerprint density at radius 3 is 1.23 bits per heavy atom. The summed E-state index contributed by atoms with van der Waals surface area (Å²) in [5, 5.41) is 0. The van der Waals surface area contributed by atoms with E-state index in [0.29, 0.717) is 13.2 Å². The lowest BCUT2D eigenvalue weighted by molar-refractivity contribution is 0.0448. The molecule has 0 aromatic heterocycles. The summed E-state index contributed by atoms with van der Waals surface area (Å²) < 4.78 is 11.0. The highest BCUT2D eigenvalue weighted by Gasteiger charge is 2.19. The van der Waals surface area contributed by atoms with Crippen molar-refractivity contribution in [1.29, 1.82) is 0 Å². The molecular weight excluding hydrogens is 500 g/mol. The van der Waals surface area contributed by atoms with Crippen LogP contribution in [-0.4, -0.2) is 74.2 Å². The molecule has 1 aromatic rings. The van der Waals surface area contributed by atoms with E-state index in [2.05, 4.69) is 37.5 Å². The van der Waals surface area contributed by atoms with Crippen molar-refractivity contribution in [2.24, 2.45) is 0 Å². The number of carbonyl (C=O) groups excluding carboxylic acids is 2. The molecule has 0 aliphatic carbocycles. The zero-order valence-electron chi connectivity index (χ0n) is 26.4. The van der Waals surface area contributed by atoms with E-state index in [0.717, 1.165) is 65.0 Å². The molecule has 0 aliphatic heterocycles. The van der Waals surface area contributed by atoms with Gasteiger partial charge in [0.15, 0.2) is 0 Å². The van der Waals surface area contributed by atoms with Gasteiger partial charge in [0.1, 0.15) is 0 Å². The fourth-order valence-corrected chi connectivity index (χ4v) is 4.93. The van der Waals surface area contributed by atoms with Crippen LogP contribution in [0.3, 0.4) is 0 Å². The van der Waals surface area contributed by atoms with Crippen LogP contribution in [0.25, 0.3) is 0 Å². The minimum absolute atomic E-state index is 0.287. The summed E-state index contributed by atoms with van der Waals surface area (Å²) in [7, 11) is 0. The number of rotatable bonds is 26. The lowest BCUT2D eigenvalue weighted by Gasteiger charge is -2.20. The number of nitrogens with zero attached hydrogens (tertiary/aromatic N) is 2. The van der Waals surface area contributed by atoms with Gasteiger partial charge in [-0.05, 0) is 89.9 Å². The fourth-order valence-electron chi connectivity index (χ4n) is 4.93. The van der Waals surface area contributed by atoms with Gasteiger partial charge in [-0.25, -0.2) is 9.59 Å². The van der Waals surface area contributed by atoms with E-state index in [1.165, 1.54) is 64.2 Å². The first-order valence-corrected chi connectivity index (χ1v) is 16.4. The number of hydrogen-bond donors (Lipinski definition) is 0. The van der Waals surface area contributed by atoms with Crippen molar-refractivity contribution >= 4 is 11.9 Å². The van der Waals surface area contributed by atoms with E-state index in [1.54, 1.807) is 24.3 Å². The molecule has 0 amide bonds. The standard InChI is InChI=1S/C34H60N2O4/c1-5-9-11-13-17-25-35(7-3)27-19-21-29-39-33(37)31-23-15-16-24-32(31)34(38)40-30-22-20-28-36(8-4)26-18-14-12-10-6-2/h15-16,23-24H,5-14,17-22,25-30H2,1-4H3. The average molecular weight is 561 g/mol. The van der Waals surface area contributed by atoms with E-state index in [9.17, 15) is 9.59 Å². The van der Waals surface area contributed by atoms with Crippen LogP contribution in [0.5, 0.6) is 0 Å².